The number of rotatable bonds is 6. The number of nitrogens with zero attached hydrogens (tertiary/aromatic N) is 3. The van der Waals surface area contributed by atoms with Crippen molar-refractivity contribution >= 4 is 29.3 Å². The van der Waals surface area contributed by atoms with Crippen molar-refractivity contribution in [3.63, 3.8) is 0 Å². The molecule has 0 aliphatic carbocycles. The van der Waals surface area contributed by atoms with Crippen molar-refractivity contribution in [3.8, 4) is 6.07 Å². The average molecular weight is 455 g/mol. The molecule has 0 aliphatic rings. The van der Waals surface area contributed by atoms with Gasteiger partial charge in [0.1, 0.15) is 23.4 Å². The van der Waals surface area contributed by atoms with Crippen molar-refractivity contribution in [1.82, 2.24) is 9.97 Å². The summed E-state index contributed by atoms with van der Waals surface area (Å²) in [7, 11) is 0. The number of anilines is 1. The van der Waals surface area contributed by atoms with E-state index < -0.39 is 40.9 Å². The Hall–Kier alpha value is -3.39. The Morgan fingerprint density at radius 2 is 2.06 bits per heavy atom. The van der Waals surface area contributed by atoms with Crippen LogP contribution in [-0.4, -0.2) is 33.4 Å². The van der Waals surface area contributed by atoms with E-state index in [1.54, 1.807) is 0 Å². The summed E-state index contributed by atoms with van der Waals surface area (Å²) in [5, 5.41) is 18.1. The molecule has 0 radical (unpaired) electrons. The van der Waals surface area contributed by atoms with Crippen LogP contribution in [-0.2, 0) is 4.74 Å². The number of alkyl halides is 2. The maximum Gasteiger partial charge on any atom is 0.294 e. The summed E-state index contributed by atoms with van der Waals surface area (Å²) >= 11 is 5.93. The number of hydrogen-bond donors (Lipinski definition) is 3. The van der Waals surface area contributed by atoms with Crippen LogP contribution < -0.4 is 11.1 Å². The highest BCUT2D eigenvalue weighted by atomic mass is 35.5. The molecule has 12 heteroatoms. The van der Waals surface area contributed by atoms with E-state index in [1.807, 2.05) is 6.07 Å². The summed E-state index contributed by atoms with van der Waals surface area (Å²) < 4.78 is 49.0. The Balaban J connectivity index is 2.34. The molecular weight excluding hydrogens is 437 g/mol. The Morgan fingerprint density at radius 1 is 1.42 bits per heavy atom. The first-order chi connectivity index (χ1) is 14.3. The van der Waals surface area contributed by atoms with Gasteiger partial charge in [0, 0.05) is 6.20 Å². The topological polar surface area (TPSA) is 138 Å². The third-order valence-corrected chi connectivity index (χ3v) is 4.71. The van der Waals surface area contributed by atoms with Gasteiger partial charge in [0.15, 0.2) is 5.60 Å². The largest absolute Gasteiger partial charge is 0.453 e. The van der Waals surface area contributed by atoms with Crippen LogP contribution in [0.3, 0.4) is 0 Å². The van der Waals surface area contributed by atoms with Gasteiger partial charge in [-0.25, -0.2) is 23.1 Å². The summed E-state index contributed by atoms with van der Waals surface area (Å²) in [6, 6.07) is 4.08. The maximum atomic E-state index is 15.0. The van der Waals surface area contributed by atoms with Gasteiger partial charge < -0.3 is 15.8 Å². The molecule has 0 saturated heterocycles. The summed E-state index contributed by atoms with van der Waals surface area (Å²) in [6.45, 7) is 3.04. The lowest BCUT2D eigenvalue weighted by Crippen LogP contribution is -2.51. The van der Waals surface area contributed by atoms with Crippen LogP contribution in [0, 0.1) is 22.6 Å². The zero-order valence-electron chi connectivity index (χ0n) is 16.6. The second-order valence-corrected chi connectivity index (χ2v) is 7.41. The predicted molar refractivity (Wildman–Crippen MR) is 107 cm³/mol. The summed E-state index contributed by atoms with van der Waals surface area (Å²) in [4.78, 5) is 20.0. The highest BCUT2D eigenvalue weighted by Crippen LogP contribution is 2.43. The first kappa shape index (κ1) is 23.9. The molecule has 2 aromatic heterocycles. The van der Waals surface area contributed by atoms with E-state index in [4.69, 9.17) is 32.7 Å². The quantitative estimate of drug-likeness (QED) is 0.448. The van der Waals surface area contributed by atoms with Gasteiger partial charge in [0.05, 0.1) is 22.2 Å². The Morgan fingerprint density at radius 3 is 2.61 bits per heavy atom. The van der Waals surface area contributed by atoms with E-state index in [-0.39, 0.29) is 22.1 Å². The minimum absolute atomic E-state index is 0.109. The highest BCUT2D eigenvalue weighted by Gasteiger charge is 2.55. The molecule has 0 aromatic carbocycles. The zero-order valence-corrected chi connectivity index (χ0v) is 17.4. The molecule has 0 saturated carbocycles. The van der Waals surface area contributed by atoms with Crippen LogP contribution >= 0.6 is 11.6 Å². The van der Waals surface area contributed by atoms with Crippen LogP contribution in [0.2, 0.25) is 5.02 Å². The van der Waals surface area contributed by atoms with Gasteiger partial charge in [-0.05, 0) is 32.0 Å². The minimum atomic E-state index is -3.70. The molecule has 31 heavy (non-hydrogen) atoms. The Kier molecular flexibility index (Phi) is 6.76. The van der Waals surface area contributed by atoms with E-state index in [2.05, 4.69) is 15.3 Å². The molecule has 0 unspecified atom stereocenters. The highest BCUT2D eigenvalue weighted by molar-refractivity contribution is 6.34. The third kappa shape index (κ3) is 5.03. The number of carbonyl (C=O) groups is 1. The van der Waals surface area contributed by atoms with E-state index in [9.17, 15) is 18.0 Å². The number of halogens is 4. The number of nitriles is 1. The molecule has 2 aromatic rings. The maximum absolute atomic E-state index is 15.0. The van der Waals surface area contributed by atoms with Crippen molar-refractivity contribution in [2.45, 2.75) is 38.2 Å². The smallest absolute Gasteiger partial charge is 0.294 e. The van der Waals surface area contributed by atoms with Gasteiger partial charge in [0.2, 0.25) is 0 Å². The van der Waals surface area contributed by atoms with Crippen molar-refractivity contribution in [2.75, 3.05) is 5.32 Å². The SMILES string of the molecule is C[C@@H](c1nc(NC(=O)c2ncc(C#N)cc2Cl)ccc1F)C(F)(F)C(C)(C)OC(=N)N. The zero-order chi connectivity index (χ0) is 23.6. The number of aromatic nitrogens is 2. The van der Waals surface area contributed by atoms with Gasteiger partial charge in [-0.3, -0.25) is 10.2 Å². The van der Waals surface area contributed by atoms with Crippen LogP contribution in [0.5, 0.6) is 0 Å². The number of ether oxygens (including phenoxy) is 1. The molecule has 0 aliphatic heterocycles. The molecule has 2 heterocycles. The number of amides is 1. The molecule has 4 N–H and O–H groups in total. The van der Waals surface area contributed by atoms with Gasteiger partial charge >= 0.3 is 0 Å². The van der Waals surface area contributed by atoms with Crippen LogP contribution in [0.1, 0.15) is 48.4 Å². The van der Waals surface area contributed by atoms with Crippen LogP contribution in [0.15, 0.2) is 24.4 Å². The lowest BCUT2D eigenvalue weighted by molar-refractivity contribution is -0.168. The van der Waals surface area contributed by atoms with Gasteiger partial charge in [-0.2, -0.15) is 5.26 Å². The van der Waals surface area contributed by atoms with E-state index in [0.29, 0.717) is 0 Å². The third-order valence-electron chi connectivity index (χ3n) is 4.42. The average Bonchev–Trinajstić information content (AvgIpc) is 2.67. The molecule has 0 bridgehead atoms. The number of nitrogens with two attached hydrogens (primary N) is 1. The number of pyridine rings is 2. The fourth-order valence-electron chi connectivity index (χ4n) is 2.71. The first-order valence-electron chi connectivity index (χ1n) is 8.74. The predicted octanol–water partition coefficient (Wildman–Crippen LogP) is 3.82. The fraction of sp³-hybridized carbons (Fsp3) is 0.316. The van der Waals surface area contributed by atoms with Crippen LogP contribution in [0.25, 0.3) is 0 Å². The standard InChI is InChI=1S/C19H18ClF3N6O2/c1-9(19(22,23)18(2,3)31-17(25)26)14-12(21)4-5-13(28-14)29-16(30)15-11(20)6-10(7-24)8-27-15/h4-6,8-9H,1-3H3,(H3,25,26)(H,28,29,30)/t9-/m0/s1. The second-order valence-electron chi connectivity index (χ2n) is 7.01. The first-order valence-corrected chi connectivity index (χ1v) is 9.12. The van der Waals surface area contributed by atoms with Crippen molar-refractivity contribution < 1.29 is 22.7 Å². The van der Waals surface area contributed by atoms with Crippen molar-refractivity contribution in [2.24, 2.45) is 5.73 Å². The fourth-order valence-corrected chi connectivity index (χ4v) is 2.96. The second kappa shape index (κ2) is 8.77. The van der Waals surface area contributed by atoms with Crippen molar-refractivity contribution in [3.05, 3.63) is 52.2 Å². The summed E-state index contributed by atoms with van der Waals surface area (Å²) in [5.74, 6) is -7.60. The molecule has 0 fully saturated rings. The van der Waals surface area contributed by atoms with Gasteiger partial charge in [-0.1, -0.05) is 18.5 Å². The summed E-state index contributed by atoms with van der Waals surface area (Å²) in [5.41, 5.74) is 2.08. The molecule has 1 amide bonds. The van der Waals surface area contributed by atoms with E-state index in [1.165, 1.54) is 6.07 Å². The number of hydrogen-bond acceptors (Lipinski definition) is 6. The van der Waals surface area contributed by atoms with Crippen LogP contribution in [0.4, 0.5) is 19.0 Å². The number of nitrogens with one attached hydrogen (secondary N) is 2. The summed E-state index contributed by atoms with van der Waals surface area (Å²) in [6.07, 6.45) is 1.13. The normalized spacial score (nSPS) is 12.6. The number of amidine groups is 1. The molecular formula is C19H18ClF3N6O2. The van der Waals surface area contributed by atoms with Gasteiger partial charge in [0.25, 0.3) is 17.9 Å². The molecule has 1 atom stereocenters. The lowest BCUT2D eigenvalue weighted by atomic mass is 9.86. The molecule has 164 valence electrons. The monoisotopic (exact) mass is 454 g/mol. The molecule has 2 rings (SSSR count). The number of carbonyl (C=O) groups excluding carboxylic acids is 1. The van der Waals surface area contributed by atoms with E-state index >= 15 is 0 Å². The van der Waals surface area contributed by atoms with Gasteiger partial charge in [-0.15, -0.1) is 0 Å². The minimum Gasteiger partial charge on any atom is -0.453 e. The molecule has 8 nitrogen and oxygen atoms in total. The lowest BCUT2D eigenvalue weighted by Gasteiger charge is -2.37. The Labute approximate surface area is 180 Å². The van der Waals surface area contributed by atoms with E-state index in [0.717, 1.165) is 39.1 Å². The molecule has 0 spiro atoms. The Bertz CT molecular complexity index is 1070. The van der Waals surface area contributed by atoms with Crippen molar-refractivity contribution in [1.29, 1.82) is 10.7 Å².